The Bertz CT molecular complexity index is 474. The zero-order valence-electron chi connectivity index (χ0n) is 11.8. The molecule has 0 amide bonds. The van der Waals surface area contributed by atoms with E-state index in [2.05, 4.69) is 32.0 Å². The highest BCUT2D eigenvalue weighted by Gasteiger charge is 2.20. The van der Waals surface area contributed by atoms with Crippen molar-refractivity contribution in [2.45, 2.75) is 46.0 Å². The minimum absolute atomic E-state index is 0.408. The molecule has 1 aromatic rings. The van der Waals surface area contributed by atoms with Crippen molar-refractivity contribution in [2.75, 3.05) is 0 Å². The second kappa shape index (κ2) is 6.05. The second-order valence-corrected chi connectivity index (χ2v) is 5.65. The summed E-state index contributed by atoms with van der Waals surface area (Å²) < 4.78 is 0. The summed E-state index contributed by atoms with van der Waals surface area (Å²) in [5.74, 6) is -0.425. The van der Waals surface area contributed by atoms with E-state index in [1.54, 1.807) is 0 Å². The number of allylic oxidation sites excluding steroid dienone is 1. The molecule has 0 bridgehead atoms. The van der Waals surface area contributed by atoms with Gasteiger partial charge in [0.15, 0.2) is 0 Å². The van der Waals surface area contributed by atoms with E-state index in [0.717, 1.165) is 24.0 Å². The Hall–Kier alpha value is -1.57. The fourth-order valence-corrected chi connectivity index (χ4v) is 3.12. The largest absolute Gasteiger partial charge is 0.478 e. The maximum atomic E-state index is 11.1. The molecule has 0 unspecified atom stereocenters. The van der Waals surface area contributed by atoms with Gasteiger partial charge < -0.3 is 5.11 Å². The summed E-state index contributed by atoms with van der Waals surface area (Å²) in [7, 11) is 0. The Morgan fingerprint density at radius 2 is 1.68 bits per heavy atom. The summed E-state index contributed by atoms with van der Waals surface area (Å²) in [4.78, 5) is 11.1. The average Bonchev–Trinajstić information content (AvgIpc) is 2.35. The summed E-state index contributed by atoms with van der Waals surface area (Å²) in [5, 5.41) is 9.14. The van der Waals surface area contributed by atoms with Gasteiger partial charge in [-0.25, -0.2) is 4.79 Å². The van der Waals surface area contributed by atoms with E-state index in [4.69, 9.17) is 5.11 Å². The molecule has 0 radical (unpaired) electrons. The molecular formula is C17H22O2. The lowest BCUT2D eigenvalue weighted by molar-refractivity contribution is -0.131. The third-order valence-electron chi connectivity index (χ3n) is 3.88. The molecule has 2 heteroatoms. The van der Waals surface area contributed by atoms with Crippen molar-refractivity contribution in [3.63, 3.8) is 0 Å². The number of benzene rings is 1. The van der Waals surface area contributed by atoms with Gasteiger partial charge in [0.05, 0.1) is 0 Å². The quantitative estimate of drug-likeness (QED) is 0.818. The van der Waals surface area contributed by atoms with Crippen molar-refractivity contribution in [2.24, 2.45) is 5.92 Å². The number of hydrogen-bond acceptors (Lipinski definition) is 1. The van der Waals surface area contributed by atoms with Crippen LogP contribution in [0.2, 0.25) is 0 Å². The fraction of sp³-hybridized carbons (Fsp3) is 0.471. The first-order valence-corrected chi connectivity index (χ1v) is 7.09. The Morgan fingerprint density at radius 1 is 1.11 bits per heavy atom. The van der Waals surface area contributed by atoms with Gasteiger partial charge in [0.1, 0.15) is 0 Å². The predicted octanol–water partition coefficient (Wildman–Crippen LogP) is 4.35. The van der Waals surface area contributed by atoms with Gasteiger partial charge in [-0.3, -0.25) is 0 Å². The molecule has 0 atom stereocenters. The van der Waals surface area contributed by atoms with Crippen molar-refractivity contribution in [1.82, 2.24) is 0 Å². The molecule has 102 valence electrons. The lowest BCUT2D eigenvalue weighted by Crippen LogP contribution is -2.10. The van der Waals surface area contributed by atoms with Crippen molar-refractivity contribution in [3.05, 3.63) is 41.0 Å². The molecule has 2 rings (SSSR count). The van der Waals surface area contributed by atoms with Gasteiger partial charge in [-0.2, -0.15) is 0 Å². The van der Waals surface area contributed by atoms with Crippen LogP contribution in [0.1, 0.15) is 48.8 Å². The average molecular weight is 258 g/mol. The summed E-state index contributed by atoms with van der Waals surface area (Å²) in [6.07, 6.45) is 7.37. The Morgan fingerprint density at radius 3 is 2.21 bits per heavy atom. The Balaban J connectivity index is 2.39. The molecule has 1 fully saturated rings. The van der Waals surface area contributed by atoms with Crippen LogP contribution in [-0.4, -0.2) is 11.1 Å². The Labute approximate surface area is 115 Å². The molecule has 19 heavy (non-hydrogen) atoms. The molecule has 0 heterocycles. The maximum absolute atomic E-state index is 11.1. The van der Waals surface area contributed by atoms with E-state index in [0.29, 0.717) is 5.92 Å². The first kappa shape index (κ1) is 13.9. The molecular weight excluding hydrogens is 236 g/mol. The number of rotatable bonds is 3. The van der Waals surface area contributed by atoms with E-state index in [9.17, 15) is 4.79 Å². The topological polar surface area (TPSA) is 37.3 Å². The molecule has 0 aliphatic heterocycles. The molecule has 2 nitrogen and oxygen atoms in total. The normalized spacial score (nSPS) is 17.5. The van der Waals surface area contributed by atoms with Crippen molar-refractivity contribution in [1.29, 1.82) is 0 Å². The van der Waals surface area contributed by atoms with E-state index in [-0.39, 0.29) is 0 Å². The lowest BCUT2D eigenvalue weighted by atomic mass is 9.80. The van der Waals surface area contributed by atoms with Crippen LogP contribution in [0.3, 0.4) is 0 Å². The first-order valence-electron chi connectivity index (χ1n) is 7.09. The monoisotopic (exact) mass is 258 g/mol. The highest BCUT2D eigenvalue weighted by atomic mass is 16.4. The minimum Gasteiger partial charge on any atom is -0.478 e. The molecule has 0 saturated heterocycles. The zero-order chi connectivity index (χ0) is 13.8. The molecule has 1 aliphatic rings. The summed E-state index contributed by atoms with van der Waals surface area (Å²) in [6, 6.07) is 6.34. The first-order chi connectivity index (χ1) is 9.06. The molecule has 1 saturated carbocycles. The fourth-order valence-electron chi connectivity index (χ4n) is 3.12. The number of carbonyl (C=O) groups is 1. The van der Waals surface area contributed by atoms with E-state index < -0.39 is 5.97 Å². The lowest BCUT2D eigenvalue weighted by Gasteiger charge is -2.25. The third-order valence-corrected chi connectivity index (χ3v) is 3.88. The number of aryl methyl sites for hydroxylation is 2. The van der Waals surface area contributed by atoms with Crippen LogP contribution in [0.4, 0.5) is 0 Å². The van der Waals surface area contributed by atoms with Crippen molar-refractivity contribution < 1.29 is 9.90 Å². The van der Waals surface area contributed by atoms with E-state index in [1.807, 2.05) is 0 Å². The number of hydrogen-bond donors (Lipinski definition) is 1. The van der Waals surface area contributed by atoms with Crippen molar-refractivity contribution in [3.8, 4) is 0 Å². The van der Waals surface area contributed by atoms with Crippen LogP contribution >= 0.6 is 0 Å². The van der Waals surface area contributed by atoms with Crippen molar-refractivity contribution >= 4 is 11.5 Å². The van der Waals surface area contributed by atoms with Crippen LogP contribution in [0.15, 0.2) is 24.3 Å². The number of carboxylic acid groups (broad SMARTS) is 1. The standard InChI is InChI=1S/C17H22O2/c1-12-8-13(2)10-15(9-12)16(11-17(18)19)14-6-4-3-5-7-14/h8-11,14H,3-7H2,1-2H3,(H,18,19)/b16-11+. The molecule has 1 aliphatic carbocycles. The molecule has 0 spiro atoms. The highest BCUT2D eigenvalue weighted by Crippen LogP contribution is 2.35. The predicted molar refractivity (Wildman–Crippen MR) is 78.1 cm³/mol. The summed E-state index contributed by atoms with van der Waals surface area (Å²) >= 11 is 0. The summed E-state index contributed by atoms with van der Waals surface area (Å²) in [5.41, 5.74) is 4.50. The number of carboxylic acids is 1. The van der Waals surface area contributed by atoms with Gasteiger partial charge in [0.2, 0.25) is 0 Å². The van der Waals surface area contributed by atoms with Gasteiger partial charge in [-0.15, -0.1) is 0 Å². The van der Waals surface area contributed by atoms with Crippen LogP contribution in [0.5, 0.6) is 0 Å². The SMILES string of the molecule is Cc1cc(C)cc(/C(=C/C(=O)O)C2CCCCC2)c1. The zero-order valence-corrected chi connectivity index (χ0v) is 11.8. The van der Waals surface area contributed by atoms with Gasteiger partial charge in [0.25, 0.3) is 0 Å². The van der Waals surface area contributed by atoms with Gasteiger partial charge in [-0.05, 0) is 43.7 Å². The number of aliphatic carboxylic acids is 1. The van der Waals surface area contributed by atoms with Crippen LogP contribution in [0, 0.1) is 19.8 Å². The summed E-state index contributed by atoms with van der Waals surface area (Å²) in [6.45, 7) is 4.13. The Kier molecular flexibility index (Phi) is 4.41. The maximum Gasteiger partial charge on any atom is 0.328 e. The highest BCUT2D eigenvalue weighted by molar-refractivity contribution is 5.90. The van der Waals surface area contributed by atoms with Gasteiger partial charge in [-0.1, -0.05) is 48.6 Å². The molecule has 1 N–H and O–H groups in total. The van der Waals surface area contributed by atoms with Crippen LogP contribution in [0.25, 0.3) is 5.57 Å². The minimum atomic E-state index is -0.834. The van der Waals surface area contributed by atoms with E-state index >= 15 is 0 Å². The second-order valence-electron chi connectivity index (χ2n) is 5.65. The molecule has 1 aromatic carbocycles. The molecule has 0 aromatic heterocycles. The van der Waals surface area contributed by atoms with Crippen LogP contribution < -0.4 is 0 Å². The van der Waals surface area contributed by atoms with Gasteiger partial charge in [0, 0.05) is 6.08 Å². The van der Waals surface area contributed by atoms with Gasteiger partial charge >= 0.3 is 5.97 Å². The smallest absolute Gasteiger partial charge is 0.328 e. The van der Waals surface area contributed by atoms with E-state index in [1.165, 1.54) is 36.5 Å². The third kappa shape index (κ3) is 3.69. The van der Waals surface area contributed by atoms with Crippen LogP contribution in [-0.2, 0) is 4.79 Å².